The monoisotopic (exact) mass is 300 g/mol. The normalized spacial score (nSPS) is 11.0. The minimum atomic E-state index is -0.580. The fourth-order valence-corrected chi connectivity index (χ4v) is 2.46. The summed E-state index contributed by atoms with van der Waals surface area (Å²) in [5.74, 6) is -0.580. The summed E-state index contributed by atoms with van der Waals surface area (Å²) in [4.78, 5) is 15.8. The van der Waals surface area contributed by atoms with Crippen molar-refractivity contribution in [3.8, 4) is 11.1 Å². The molecule has 0 spiro atoms. The van der Waals surface area contributed by atoms with Gasteiger partial charge in [-0.25, -0.2) is 9.50 Å². The van der Waals surface area contributed by atoms with Crippen LogP contribution in [0.5, 0.6) is 0 Å². The number of rotatable bonds is 2. The van der Waals surface area contributed by atoms with E-state index in [2.05, 4.69) is 10.1 Å². The van der Waals surface area contributed by atoms with E-state index >= 15 is 0 Å². The van der Waals surface area contributed by atoms with Crippen molar-refractivity contribution in [3.63, 3.8) is 0 Å². The molecule has 0 bridgehead atoms. The average molecular weight is 301 g/mol. The van der Waals surface area contributed by atoms with E-state index in [1.165, 1.54) is 0 Å². The number of fused-ring (bicyclic) bond motifs is 1. The van der Waals surface area contributed by atoms with Crippen molar-refractivity contribution in [2.45, 2.75) is 13.8 Å². The highest BCUT2D eigenvalue weighted by atomic mass is 35.5. The molecule has 5 nitrogen and oxygen atoms in total. The molecule has 0 radical (unpaired) electrons. The zero-order valence-electron chi connectivity index (χ0n) is 11.6. The molecule has 0 aliphatic rings. The van der Waals surface area contributed by atoms with Crippen LogP contribution < -0.4 is 5.73 Å². The maximum Gasteiger partial charge on any atom is 0.269 e. The van der Waals surface area contributed by atoms with E-state index in [-0.39, 0.29) is 5.69 Å². The van der Waals surface area contributed by atoms with Crippen molar-refractivity contribution in [1.29, 1.82) is 0 Å². The Morgan fingerprint density at radius 3 is 2.52 bits per heavy atom. The smallest absolute Gasteiger partial charge is 0.269 e. The van der Waals surface area contributed by atoms with Crippen LogP contribution in [0.4, 0.5) is 0 Å². The minimum Gasteiger partial charge on any atom is -0.364 e. The van der Waals surface area contributed by atoms with E-state index < -0.39 is 5.91 Å². The predicted octanol–water partition coefficient (Wildman–Crippen LogP) is 2.77. The van der Waals surface area contributed by atoms with Gasteiger partial charge in [-0.2, -0.15) is 5.10 Å². The Morgan fingerprint density at radius 2 is 1.90 bits per heavy atom. The van der Waals surface area contributed by atoms with Gasteiger partial charge in [0.2, 0.25) is 0 Å². The highest BCUT2D eigenvalue weighted by molar-refractivity contribution is 6.29. The van der Waals surface area contributed by atoms with Crippen LogP contribution in [0, 0.1) is 13.8 Å². The number of carbonyl (C=O) groups is 1. The van der Waals surface area contributed by atoms with Crippen LogP contribution in [0.25, 0.3) is 16.8 Å². The number of primary amides is 1. The predicted molar refractivity (Wildman–Crippen MR) is 81.4 cm³/mol. The Labute approximate surface area is 126 Å². The summed E-state index contributed by atoms with van der Waals surface area (Å²) in [5, 5.41) is 4.52. The number of amides is 1. The second kappa shape index (κ2) is 4.86. The Hall–Kier alpha value is -2.40. The molecule has 6 heteroatoms. The van der Waals surface area contributed by atoms with Crippen LogP contribution in [0.1, 0.15) is 21.7 Å². The summed E-state index contributed by atoms with van der Waals surface area (Å²) in [6, 6.07) is 9.71. The number of nitrogens with two attached hydrogens (primary N) is 1. The summed E-state index contributed by atoms with van der Waals surface area (Å²) >= 11 is 6.09. The van der Waals surface area contributed by atoms with Crippen molar-refractivity contribution in [2.75, 3.05) is 0 Å². The van der Waals surface area contributed by atoms with Crippen molar-refractivity contribution in [1.82, 2.24) is 14.6 Å². The zero-order chi connectivity index (χ0) is 15.1. The number of nitrogens with zero attached hydrogens (tertiary/aromatic N) is 3. The molecule has 0 saturated heterocycles. The van der Waals surface area contributed by atoms with E-state index in [0.29, 0.717) is 16.5 Å². The summed E-state index contributed by atoms with van der Waals surface area (Å²) in [6.45, 7) is 3.76. The van der Waals surface area contributed by atoms with Gasteiger partial charge in [0.05, 0.1) is 5.69 Å². The molecule has 21 heavy (non-hydrogen) atoms. The second-order valence-corrected chi connectivity index (χ2v) is 5.28. The molecule has 2 heterocycles. The highest BCUT2D eigenvalue weighted by Gasteiger charge is 2.18. The number of imidazole rings is 1. The van der Waals surface area contributed by atoms with Crippen LogP contribution in [0.15, 0.2) is 30.3 Å². The molecule has 0 aliphatic carbocycles. The first kappa shape index (κ1) is 13.6. The Kier molecular flexibility index (Phi) is 3.14. The van der Waals surface area contributed by atoms with Gasteiger partial charge in [0.25, 0.3) is 5.91 Å². The standard InChI is InChI=1S/C15H13ClN4O/c1-8-3-5-10(6-4-8)11-7-12(16)19-20-9(2)13(14(17)21)18-15(11)20/h3-7H,1-2H3,(H2,17,21). The fourth-order valence-electron chi connectivity index (χ4n) is 2.28. The number of carbonyl (C=O) groups excluding carboxylic acids is 1. The lowest BCUT2D eigenvalue weighted by molar-refractivity contribution is 0.0995. The molecule has 1 amide bonds. The molecule has 0 unspecified atom stereocenters. The van der Waals surface area contributed by atoms with Crippen molar-refractivity contribution >= 4 is 23.2 Å². The Balaban J connectivity index is 2.34. The first-order chi connectivity index (χ1) is 9.97. The molecule has 1 aromatic carbocycles. The van der Waals surface area contributed by atoms with Gasteiger partial charge in [0.15, 0.2) is 16.5 Å². The lowest BCUT2D eigenvalue weighted by Gasteiger charge is -2.05. The van der Waals surface area contributed by atoms with Crippen LogP contribution in [0.2, 0.25) is 5.15 Å². The van der Waals surface area contributed by atoms with Gasteiger partial charge >= 0.3 is 0 Å². The van der Waals surface area contributed by atoms with E-state index in [9.17, 15) is 4.79 Å². The lowest BCUT2D eigenvalue weighted by Crippen LogP contribution is -2.13. The van der Waals surface area contributed by atoms with Crippen molar-refractivity contribution in [2.24, 2.45) is 5.73 Å². The molecule has 0 aliphatic heterocycles. The first-order valence-electron chi connectivity index (χ1n) is 6.40. The van der Waals surface area contributed by atoms with Gasteiger partial charge in [-0.3, -0.25) is 4.79 Å². The summed E-state index contributed by atoms with van der Waals surface area (Å²) in [5.41, 5.74) is 9.62. The quantitative estimate of drug-likeness (QED) is 0.791. The number of aromatic nitrogens is 3. The third kappa shape index (κ3) is 2.25. The molecule has 0 atom stereocenters. The maximum absolute atomic E-state index is 11.5. The second-order valence-electron chi connectivity index (χ2n) is 4.89. The van der Waals surface area contributed by atoms with E-state index in [0.717, 1.165) is 16.7 Å². The molecule has 2 N–H and O–H groups in total. The third-order valence-corrected chi connectivity index (χ3v) is 3.56. The lowest BCUT2D eigenvalue weighted by atomic mass is 10.1. The maximum atomic E-state index is 11.5. The van der Waals surface area contributed by atoms with Gasteiger partial charge in [0.1, 0.15) is 0 Å². The topological polar surface area (TPSA) is 73.3 Å². The molecule has 0 fully saturated rings. The first-order valence-corrected chi connectivity index (χ1v) is 6.78. The van der Waals surface area contributed by atoms with Crippen molar-refractivity contribution < 1.29 is 4.79 Å². The van der Waals surface area contributed by atoms with Gasteiger partial charge in [-0.15, -0.1) is 0 Å². The summed E-state index contributed by atoms with van der Waals surface area (Å²) in [6.07, 6.45) is 0. The molecule has 0 saturated carbocycles. The van der Waals surface area contributed by atoms with Crippen LogP contribution in [-0.4, -0.2) is 20.5 Å². The van der Waals surface area contributed by atoms with Crippen molar-refractivity contribution in [3.05, 3.63) is 52.4 Å². The number of benzene rings is 1. The van der Waals surface area contributed by atoms with Gasteiger partial charge in [-0.05, 0) is 25.5 Å². The van der Waals surface area contributed by atoms with Gasteiger partial charge in [-0.1, -0.05) is 41.4 Å². The average Bonchev–Trinajstić information content (AvgIpc) is 2.77. The molecule has 106 valence electrons. The van der Waals surface area contributed by atoms with Crippen LogP contribution in [-0.2, 0) is 0 Å². The van der Waals surface area contributed by atoms with E-state index in [1.807, 2.05) is 31.2 Å². The van der Waals surface area contributed by atoms with Crippen LogP contribution in [0.3, 0.4) is 0 Å². The Bertz CT molecular complexity index is 852. The van der Waals surface area contributed by atoms with E-state index in [1.54, 1.807) is 17.5 Å². The highest BCUT2D eigenvalue weighted by Crippen LogP contribution is 2.27. The molecular formula is C15H13ClN4O. The largest absolute Gasteiger partial charge is 0.364 e. The zero-order valence-corrected chi connectivity index (χ0v) is 12.3. The number of aryl methyl sites for hydroxylation is 2. The third-order valence-electron chi connectivity index (χ3n) is 3.37. The molecule has 3 aromatic rings. The molecular weight excluding hydrogens is 288 g/mol. The van der Waals surface area contributed by atoms with Gasteiger partial charge in [0, 0.05) is 5.56 Å². The SMILES string of the molecule is Cc1ccc(-c2cc(Cl)nn3c(C)c(C(N)=O)nc23)cc1. The number of hydrogen-bond acceptors (Lipinski definition) is 3. The fraction of sp³-hybridized carbons (Fsp3) is 0.133. The summed E-state index contributed by atoms with van der Waals surface area (Å²) in [7, 11) is 0. The van der Waals surface area contributed by atoms with E-state index in [4.69, 9.17) is 17.3 Å². The summed E-state index contributed by atoms with van der Waals surface area (Å²) < 4.78 is 1.55. The van der Waals surface area contributed by atoms with Gasteiger partial charge < -0.3 is 5.73 Å². The Morgan fingerprint density at radius 1 is 1.24 bits per heavy atom. The number of halogens is 1. The number of hydrogen-bond donors (Lipinski definition) is 1. The molecule has 3 rings (SSSR count). The van der Waals surface area contributed by atoms with Crippen LogP contribution >= 0.6 is 11.6 Å². The molecule has 2 aromatic heterocycles. The minimum absolute atomic E-state index is 0.207.